The molecule has 0 saturated heterocycles. The summed E-state index contributed by atoms with van der Waals surface area (Å²) >= 11 is 1.36. The average Bonchev–Trinajstić information content (AvgIpc) is 3.18. The lowest BCUT2D eigenvalue weighted by Crippen LogP contribution is -2.38. The molecule has 0 fully saturated rings. The van der Waals surface area contributed by atoms with Gasteiger partial charge in [-0.25, -0.2) is 14.2 Å². The molecule has 0 unspecified atom stereocenters. The number of fused-ring (bicyclic) bond motifs is 1. The fraction of sp³-hybridized carbons (Fsp3) is 0.217. The highest BCUT2D eigenvalue weighted by Crippen LogP contribution is 2.44. The van der Waals surface area contributed by atoms with Crippen LogP contribution >= 0.6 is 11.8 Å². The van der Waals surface area contributed by atoms with Gasteiger partial charge in [-0.3, -0.25) is 9.78 Å². The van der Waals surface area contributed by atoms with Gasteiger partial charge in [0, 0.05) is 24.6 Å². The lowest BCUT2D eigenvalue weighted by Gasteiger charge is -2.36. The van der Waals surface area contributed by atoms with Crippen LogP contribution in [0, 0.1) is 5.82 Å². The first kappa shape index (κ1) is 21.8. The summed E-state index contributed by atoms with van der Waals surface area (Å²) in [5.74, 6) is -1.15. The van der Waals surface area contributed by atoms with Crippen LogP contribution in [0.3, 0.4) is 0 Å². The zero-order valence-electron chi connectivity index (χ0n) is 17.5. The molecule has 9 heteroatoms. The van der Waals surface area contributed by atoms with Crippen molar-refractivity contribution in [2.45, 2.75) is 25.9 Å². The Morgan fingerprint density at radius 1 is 1.28 bits per heavy atom. The van der Waals surface area contributed by atoms with E-state index >= 15 is 0 Å². The van der Waals surface area contributed by atoms with E-state index in [-0.39, 0.29) is 12.3 Å². The maximum Gasteiger partial charge on any atom is 0.338 e. The molecule has 0 aliphatic carbocycles. The van der Waals surface area contributed by atoms with Gasteiger partial charge in [-0.05, 0) is 41.7 Å². The molecule has 0 spiro atoms. The van der Waals surface area contributed by atoms with Gasteiger partial charge in [0.1, 0.15) is 5.82 Å². The molecule has 0 radical (unpaired) electrons. The van der Waals surface area contributed by atoms with Gasteiger partial charge in [-0.1, -0.05) is 30.0 Å². The minimum atomic E-state index is -0.655. The number of esters is 1. The van der Waals surface area contributed by atoms with E-state index in [0.29, 0.717) is 34.2 Å². The third kappa shape index (κ3) is 4.43. The molecular formula is C23H21FN4O3S. The number of pyridine rings is 1. The number of nitrogens with zero attached hydrogens (tertiary/aromatic N) is 3. The Bertz CT molecular complexity index is 1150. The Kier molecular flexibility index (Phi) is 6.36. The molecule has 164 valence electrons. The first-order valence-electron chi connectivity index (χ1n) is 9.91. The average molecular weight is 453 g/mol. The minimum absolute atomic E-state index is 0.0750. The van der Waals surface area contributed by atoms with Crippen LogP contribution in [0.15, 0.2) is 76.2 Å². The number of allylic oxidation sites excluding steroid dienone is 1. The molecule has 1 amide bonds. The summed E-state index contributed by atoms with van der Waals surface area (Å²) in [6.07, 6.45) is 3.44. The number of amides is 1. The van der Waals surface area contributed by atoms with Crippen LogP contribution in [-0.4, -0.2) is 34.0 Å². The number of methoxy groups -OCH3 is 1. The van der Waals surface area contributed by atoms with Gasteiger partial charge in [-0.15, -0.1) is 0 Å². The predicted molar refractivity (Wildman–Crippen MR) is 120 cm³/mol. The number of hydrogen-bond donors (Lipinski definition) is 1. The second-order valence-electron chi connectivity index (χ2n) is 7.25. The zero-order chi connectivity index (χ0) is 22.7. The molecule has 1 atom stereocenters. The summed E-state index contributed by atoms with van der Waals surface area (Å²) in [6.45, 7) is 2.08. The molecule has 2 aliphatic rings. The fourth-order valence-corrected chi connectivity index (χ4v) is 4.63. The summed E-state index contributed by atoms with van der Waals surface area (Å²) in [6, 6.07) is 9.09. The van der Waals surface area contributed by atoms with Crippen LogP contribution < -0.4 is 5.32 Å². The number of ether oxygens (including phenoxy) is 1. The fourth-order valence-electron chi connectivity index (χ4n) is 3.66. The molecule has 1 aromatic carbocycles. The number of carbonyl (C=O) groups is 2. The third-order valence-electron chi connectivity index (χ3n) is 5.12. The zero-order valence-corrected chi connectivity index (χ0v) is 18.4. The number of nitrogens with one attached hydrogen (secondary N) is 1. The van der Waals surface area contributed by atoms with Gasteiger partial charge in [0.2, 0.25) is 5.91 Å². The van der Waals surface area contributed by atoms with E-state index in [1.165, 1.54) is 31.0 Å². The Labute approximate surface area is 189 Å². The Morgan fingerprint density at radius 2 is 2.12 bits per heavy atom. The van der Waals surface area contributed by atoms with Crippen molar-refractivity contribution in [1.82, 2.24) is 15.2 Å². The third-order valence-corrected chi connectivity index (χ3v) is 6.01. The van der Waals surface area contributed by atoms with Gasteiger partial charge in [0.05, 0.1) is 30.8 Å². The number of benzene rings is 1. The van der Waals surface area contributed by atoms with E-state index in [1.807, 2.05) is 16.4 Å². The first-order chi connectivity index (χ1) is 15.5. The molecule has 1 N–H and O–H groups in total. The largest absolute Gasteiger partial charge is 0.466 e. The van der Waals surface area contributed by atoms with E-state index in [9.17, 15) is 14.0 Å². The smallest absolute Gasteiger partial charge is 0.338 e. The van der Waals surface area contributed by atoms with Crippen molar-refractivity contribution in [2.75, 3.05) is 7.11 Å². The lowest BCUT2D eigenvalue weighted by atomic mass is 9.94. The Balaban J connectivity index is 1.61. The van der Waals surface area contributed by atoms with Crippen molar-refractivity contribution in [2.24, 2.45) is 4.99 Å². The Hall–Kier alpha value is -3.46. The topological polar surface area (TPSA) is 83.9 Å². The highest BCUT2D eigenvalue weighted by atomic mass is 32.2. The molecule has 3 heterocycles. The van der Waals surface area contributed by atoms with Crippen LogP contribution in [0.2, 0.25) is 0 Å². The minimum Gasteiger partial charge on any atom is -0.466 e. The van der Waals surface area contributed by atoms with Gasteiger partial charge in [-0.2, -0.15) is 0 Å². The summed E-state index contributed by atoms with van der Waals surface area (Å²) in [5.41, 5.74) is 2.94. The molecule has 2 aromatic rings. The number of rotatable bonds is 6. The number of aromatic nitrogens is 1. The molecule has 7 nitrogen and oxygen atoms in total. The van der Waals surface area contributed by atoms with Crippen molar-refractivity contribution in [1.29, 1.82) is 0 Å². The first-order valence-corrected chi connectivity index (χ1v) is 10.8. The summed E-state index contributed by atoms with van der Waals surface area (Å²) in [4.78, 5) is 35.7. The summed E-state index contributed by atoms with van der Waals surface area (Å²) in [7, 11) is 1.30. The lowest BCUT2D eigenvalue weighted by molar-refractivity contribution is -0.136. The standard InChI is InChI=1S/C23H21FN4O3S/c1-14-20(22(30)31-2)21(16-6-3-7-17(24)9-16)28-18(13-32-23(28)27-14)10-19(29)26-12-15-5-4-8-25-11-15/h3-9,11,13,21H,10,12H2,1-2H3,(H,26,29)/t21-/m0/s1. The van der Waals surface area contributed by atoms with Crippen LogP contribution in [0.5, 0.6) is 0 Å². The monoisotopic (exact) mass is 452 g/mol. The van der Waals surface area contributed by atoms with Crippen LogP contribution in [0.1, 0.15) is 30.5 Å². The molecular weight excluding hydrogens is 431 g/mol. The number of thioether (sulfide) groups is 1. The number of amidine groups is 1. The highest BCUT2D eigenvalue weighted by Gasteiger charge is 2.41. The van der Waals surface area contributed by atoms with Crippen LogP contribution in [0.4, 0.5) is 4.39 Å². The quantitative estimate of drug-likeness (QED) is 0.674. The number of halogens is 1. The van der Waals surface area contributed by atoms with Gasteiger partial charge in [0.25, 0.3) is 0 Å². The molecule has 0 saturated carbocycles. The maximum atomic E-state index is 14.1. The van der Waals surface area contributed by atoms with E-state index in [0.717, 1.165) is 5.56 Å². The van der Waals surface area contributed by atoms with Crippen molar-refractivity contribution >= 4 is 28.8 Å². The summed E-state index contributed by atoms with van der Waals surface area (Å²) < 4.78 is 19.1. The maximum absolute atomic E-state index is 14.1. The predicted octanol–water partition coefficient (Wildman–Crippen LogP) is 3.68. The molecule has 32 heavy (non-hydrogen) atoms. The second-order valence-corrected chi connectivity index (χ2v) is 8.09. The molecule has 1 aromatic heterocycles. The second kappa shape index (κ2) is 9.35. The number of hydrogen-bond acceptors (Lipinski definition) is 7. The Morgan fingerprint density at radius 3 is 2.84 bits per heavy atom. The van der Waals surface area contributed by atoms with E-state index < -0.39 is 17.8 Å². The number of carbonyl (C=O) groups excluding carboxylic acids is 2. The van der Waals surface area contributed by atoms with Gasteiger partial charge >= 0.3 is 5.97 Å². The highest BCUT2D eigenvalue weighted by molar-refractivity contribution is 8.16. The summed E-state index contributed by atoms with van der Waals surface area (Å²) in [5, 5.41) is 5.34. The molecule has 2 aliphatic heterocycles. The normalized spacial score (nSPS) is 17.5. The van der Waals surface area contributed by atoms with E-state index in [2.05, 4.69) is 15.3 Å². The van der Waals surface area contributed by atoms with Crippen LogP contribution in [0.25, 0.3) is 0 Å². The number of aliphatic imine (C=N–C) groups is 1. The van der Waals surface area contributed by atoms with Crippen LogP contribution in [-0.2, 0) is 20.9 Å². The van der Waals surface area contributed by atoms with Crippen molar-refractivity contribution in [3.8, 4) is 0 Å². The molecule has 0 bridgehead atoms. The van der Waals surface area contributed by atoms with Gasteiger partial charge < -0.3 is 15.0 Å². The van der Waals surface area contributed by atoms with Crippen molar-refractivity contribution in [3.63, 3.8) is 0 Å². The molecule has 4 rings (SSSR count). The van der Waals surface area contributed by atoms with E-state index in [1.54, 1.807) is 37.5 Å². The SMILES string of the molecule is COC(=O)C1=C(C)N=C2SC=C(CC(=O)NCc3cccnc3)N2[C@H]1c1cccc(F)c1. The van der Waals surface area contributed by atoms with Crippen molar-refractivity contribution in [3.05, 3.63) is 88.1 Å². The van der Waals surface area contributed by atoms with Crippen molar-refractivity contribution < 1.29 is 18.7 Å². The van der Waals surface area contributed by atoms with Gasteiger partial charge in [0.15, 0.2) is 5.17 Å². The van der Waals surface area contributed by atoms with E-state index in [4.69, 9.17) is 4.74 Å².